The standard InChI is InChI=1S/C15H11ClF4N2O2/c16-12(17)13(23)22-8-9-3-2-6-21-14(9)24-11-5-1-4-10(7-11)15(18,19)20/h1-7,12H,8H2,(H,22,23). The molecule has 0 bridgehead atoms. The first-order valence-corrected chi connectivity index (χ1v) is 7.06. The predicted octanol–water partition coefficient (Wildman–Crippen LogP) is 4.04. The number of carbonyl (C=O) groups is 1. The smallest absolute Gasteiger partial charge is 0.416 e. The average molecular weight is 363 g/mol. The number of nitrogens with zero attached hydrogens (tertiary/aromatic N) is 1. The number of hydrogen-bond donors (Lipinski definition) is 1. The molecule has 1 aromatic heterocycles. The summed E-state index contributed by atoms with van der Waals surface area (Å²) in [5.74, 6) is -1.12. The van der Waals surface area contributed by atoms with E-state index < -0.39 is 23.3 Å². The van der Waals surface area contributed by atoms with Crippen LogP contribution >= 0.6 is 11.6 Å². The van der Waals surface area contributed by atoms with Crippen molar-refractivity contribution in [2.45, 2.75) is 18.4 Å². The number of pyridine rings is 1. The minimum atomic E-state index is -4.50. The molecule has 0 fully saturated rings. The van der Waals surface area contributed by atoms with E-state index >= 15 is 0 Å². The van der Waals surface area contributed by atoms with Crippen LogP contribution in [0.5, 0.6) is 11.6 Å². The van der Waals surface area contributed by atoms with Crippen LogP contribution in [0.3, 0.4) is 0 Å². The number of aromatic nitrogens is 1. The highest BCUT2D eigenvalue weighted by Crippen LogP contribution is 2.32. The van der Waals surface area contributed by atoms with Crippen LogP contribution in [0.4, 0.5) is 17.6 Å². The second-order valence-electron chi connectivity index (χ2n) is 4.61. The van der Waals surface area contributed by atoms with E-state index in [1.807, 2.05) is 0 Å². The van der Waals surface area contributed by atoms with E-state index in [1.54, 1.807) is 0 Å². The maximum absolute atomic E-state index is 12.7. The van der Waals surface area contributed by atoms with Crippen LogP contribution in [0.25, 0.3) is 0 Å². The molecule has 2 aromatic rings. The highest BCUT2D eigenvalue weighted by atomic mass is 35.5. The molecule has 2 rings (SSSR count). The fourth-order valence-corrected chi connectivity index (χ4v) is 1.83. The first-order valence-electron chi connectivity index (χ1n) is 6.62. The van der Waals surface area contributed by atoms with E-state index in [0.29, 0.717) is 5.56 Å². The molecule has 4 nitrogen and oxygen atoms in total. The van der Waals surface area contributed by atoms with Gasteiger partial charge in [-0.1, -0.05) is 23.7 Å². The normalized spacial score (nSPS) is 12.5. The lowest BCUT2D eigenvalue weighted by Gasteiger charge is -2.12. The summed E-state index contributed by atoms with van der Waals surface area (Å²) in [5.41, 5.74) is -2.72. The number of nitrogens with one attached hydrogen (secondary N) is 1. The summed E-state index contributed by atoms with van der Waals surface area (Å²) < 4.78 is 56.1. The van der Waals surface area contributed by atoms with Crippen LogP contribution < -0.4 is 10.1 Å². The third-order valence-corrected chi connectivity index (χ3v) is 3.08. The third kappa shape index (κ3) is 4.82. The number of carbonyl (C=O) groups excluding carboxylic acids is 1. The van der Waals surface area contributed by atoms with Crippen molar-refractivity contribution in [2.75, 3.05) is 0 Å². The van der Waals surface area contributed by atoms with Gasteiger partial charge in [-0.2, -0.15) is 13.2 Å². The lowest BCUT2D eigenvalue weighted by molar-refractivity contribution is -0.137. The molecule has 1 N–H and O–H groups in total. The quantitative estimate of drug-likeness (QED) is 0.645. The zero-order valence-electron chi connectivity index (χ0n) is 12.0. The van der Waals surface area contributed by atoms with Crippen LogP contribution in [0.2, 0.25) is 0 Å². The molecule has 1 heterocycles. The van der Waals surface area contributed by atoms with Crippen LogP contribution in [0, 0.1) is 0 Å². The molecule has 0 aliphatic heterocycles. The molecule has 1 aromatic carbocycles. The van der Waals surface area contributed by atoms with Crippen molar-refractivity contribution in [1.82, 2.24) is 10.3 Å². The van der Waals surface area contributed by atoms with Crippen LogP contribution in [-0.4, -0.2) is 16.5 Å². The Hall–Kier alpha value is -2.35. The van der Waals surface area contributed by atoms with E-state index in [1.165, 1.54) is 30.5 Å². The van der Waals surface area contributed by atoms with Gasteiger partial charge in [0.15, 0.2) is 0 Å². The minimum absolute atomic E-state index is 0.0119. The number of hydrogen-bond acceptors (Lipinski definition) is 3. The summed E-state index contributed by atoms with van der Waals surface area (Å²) in [6.07, 6.45) is -3.13. The van der Waals surface area contributed by atoms with Gasteiger partial charge in [0.2, 0.25) is 5.88 Å². The number of benzene rings is 1. The van der Waals surface area contributed by atoms with E-state index in [9.17, 15) is 22.4 Å². The van der Waals surface area contributed by atoms with Gasteiger partial charge in [0.25, 0.3) is 11.5 Å². The lowest BCUT2D eigenvalue weighted by atomic mass is 10.2. The topological polar surface area (TPSA) is 51.2 Å². The fourth-order valence-electron chi connectivity index (χ4n) is 1.76. The molecule has 1 unspecified atom stereocenters. The molecule has 0 aliphatic rings. The van der Waals surface area contributed by atoms with E-state index in [0.717, 1.165) is 12.1 Å². The van der Waals surface area contributed by atoms with Crippen molar-refractivity contribution in [3.63, 3.8) is 0 Å². The molecule has 0 aliphatic carbocycles. The van der Waals surface area contributed by atoms with Crippen LogP contribution in [-0.2, 0) is 17.5 Å². The van der Waals surface area contributed by atoms with Crippen molar-refractivity contribution >= 4 is 17.5 Å². The first kappa shape index (κ1) is 18.0. The minimum Gasteiger partial charge on any atom is -0.439 e. The van der Waals surface area contributed by atoms with Crippen molar-refractivity contribution in [2.24, 2.45) is 0 Å². The Balaban J connectivity index is 2.17. The summed E-state index contributed by atoms with van der Waals surface area (Å²) in [6, 6.07) is 7.33. The third-order valence-electron chi connectivity index (χ3n) is 2.88. The average Bonchev–Trinajstić information content (AvgIpc) is 2.53. The van der Waals surface area contributed by atoms with Gasteiger partial charge in [0.1, 0.15) is 5.75 Å². The van der Waals surface area contributed by atoms with Gasteiger partial charge >= 0.3 is 6.18 Å². The van der Waals surface area contributed by atoms with Gasteiger partial charge in [-0.15, -0.1) is 0 Å². The van der Waals surface area contributed by atoms with E-state index in [2.05, 4.69) is 10.3 Å². The number of ether oxygens (including phenoxy) is 1. The second-order valence-corrected chi connectivity index (χ2v) is 5.00. The van der Waals surface area contributed by atoms with Gasteiger partial charge < -0.3 is 10.1 Å². The highest BCUT2D eigenvalue weighted by molar-refractivity contribution is 6.29. The van der Waals surface area contributed by atoms with Gasteiger partial charge in [-0.25, -0.2) is 9.37 Å². The highest BCUT2D eigenvalue weighted by Gasteiger charge is 2.30. The van der Waals surface area contributed by atoms with Crippen molar-refractivity contribution in [3.05, 3.63) is 53.7 Å². The van der Waals surface area contributed by atoms with Crippen molar-refractivity contribution < 1.29 is 27.1 Å². The zero-order valence-corrected chi connectivity index (χ0v) is 12.7. The molecule has 1 amide bonds. The molecule has 128 valence electrons. The molecule has 0 saturated carbocycles. The fraction of sp³-hybridized carbons (Fsp3) is 0.200. The monoisotopic (exact) mass is 362 g/mol. The van der Waals surface area contributed by atoms with Gasteiger partial charge in [0.05, 0.1) is 5.56 Å². The first-order chi connectivity index (χ1) is 11.3. The maximum atomic E-state index is 12.7. The zero-order chi connectivity index (χ0) is 17.7. The largest absolute Gasteiger partial charge is 0.439 e. The number of alkyl halides is 5. The summed E-state index contributed by atoms with van der Waals surface area (Å²) >= 11 is 4.99. The summed E-state index contributed by atoms with van der Waals surface area (Å²) in [6.45, 7) is -0.145. The number of rotatable bonds is 5. The number of amides is 1. The van der Waals surface area contributed by atoms with Crippen LogP contribution in [0.15, 0.2) is 42.6 Å². The van der Waals surface area contributed by atoms with Crippen molar-refractivity contribution in [1.29, 1.82) is 0 Å². The Kier molecular flexibility index (Phi) is 5.61. The summed E-state index contributed by atoms with van der Waals surface area (Å²) in [5, 5.41) is 2.21. The molecule has 1 atom stereocenters. The van der Waals surface area contributed by atoms with Crippen molar-refractivity contribution in [3.8, 4) is 11.6 Å². The Labute approximate surface area is 139 Å². The van der Waals surface area contributed by atoms with E-state index in [-0.39, 0.29) is 18.2 Å². The van der Waals surface area contributed by atoms with Gasteiger partial charge in [0, 0.05) is 18.3 Å². The lowest BCUT2D eigenvalue weighted by Crippen LogP contribution is -2.28. The van der Waals surface area contributed by atoms with Gasteiger partial charge in [-0.05, 0) is 24.3 Å². The van der Waals surface area contributed by atoms with Crippen LogP contribution in [0.1, 0.15) is 11.1 Å². The Morgan fingerprint density at radius 1 is 1.29 bits per heavy atom. The Morgan fingerprint density at radius 2 is 2.04 bits per heavy atom. The molecule has 0 saturated heterocycles. The summed E-state index contributed by atoms with van der Waals surface area (Å²) in [4.78, 5) is 15.0. The molecular formula is C15H11ClF4N2O2. The molecule has 0 radical (unpaired) electrons. The van der Waals surface area contributed by atoms with E-state index in [4.69, 9.17) is 16.3 Å². The molecular weight excluding hydrogens is 352 g/mol. The summed E-state index contributed by atoms with van der Waals surface area (Å²) in [7, 11) is 0. The predicted molar refractivity (Wildman–Crippen MR) is 78.4 cm³/mol. The Bertz CT molecular complexity index is 723. The molecule has 9 heteroatoms. The molecule has 0 spiro atoms. The molecule has 24 heavy (non-hydrogen) atoms. The SMILES string of the molecule is O=C(NCc1cccnc1Oc1cccc(C(F)(F)F)c1)C(F)Cl. The maximum Gasteiger partial charge on any atom is 0.416 e. The second kappa shape index (κ2) is 7.48. The Morgan fingerprint density at radius 3 is 2.71 bits per heavy atom. The van der Waals surface area contributed by atoms with Gasteiger partial charge in [-0.3, -0.25) is 4.79 Å². The number of halogens is 5.